The summed E-state index contributed by atoms with van der Waals surface area (Å²) in [6.07, 6.45) is 4.48. The van der Waals surface area contributed by atoms with Gasteiger partial charge in [0.15, 0.2) is 0 Å². The molecule has 1 aromatic rings. The smallest absolute Gasteiger partial charge is 0.243 e. The van der Waals surface area contributed by atoms with E-state index in [1.807, 2.05) is 0 Å². The monoisotopic (exact) mass is 364 g/mol. The average Bonchev–Trinajstić information content (AvgIpc) is 2.54. The Hall–Kier alpha value is -0.500. The van der Waals surface area contributed by atoms with E-state index >= 15 is 0 Å². The van der Waals surface area contributed by atoms with Crippen molar-refractivity contribution in [2.45, 2.75) is 49.1 Å². The van der Waals surface area contributed by atoms with E-state index in [0.717, 1.165) is 31.7 Å². The molecule has 0 aliphatic heterocycles. The van der Waals surface area contributed by atoms with Crippen LogP contribution in [0.2, 0.25) is 0 Å². The van der Waals surface area contributed by atoms with E-state index in [-0.39, 0.29) is 17.0 Å². The zero-order valence-corrected chi connectivity index (χ0v) is 13.4. The number of hydrogen-bond donors (Lipinski definition) is 2. The van der Waals surface area contributed by atoms with Crippen molar-refractivity contribution in [3.63, 3.8) is 0 Å². The Labute approximate surface area is 127 Å². The van der Waals surface area contributed by atoms with Gasteiger partial charge in [0.1, 0.15) is 10.7 Å². The van der Waals surface area contributed by atoms with Crippen molar-refractivity contribution in [1.29, 1.82) is 0 Å². The fourth-order valence-electron chi connectivity index (χ4n) is 2.44. The van der Waals surface area contributed by atoms with E-state index in [1.54, 1.807) is 0 Å². The van der Waals surface area contributed by atoms with Crippen LogP contribution in [0, 0.1) is 5.82 Å². The first-order chi connectivity index (χ1) is 9.40. The molecule has 112 valence electrons. The van der Waals surface area contributed by atoms with Crippen molar-refractivity contribution in [3.8, 4) is 0 Å². The van der Waals surface area contributed by atoms with Gasteiger partial charge in [-0.1, -0.05) is 35.2 Å². The number of hydrogen-bond acceptors (Lipinski definition) is 3. The summed E-state index contributed by atoms with van der Waals surface area (Å²) in [7, 11) is -3.88. The Morgan fingerprint density at radius 2 is 1.95 bits per heavy atom. The maximum absolute atomic E-state index is 13.8. The molecule has 2 unspecified atom stereocenters. The minimum atomic E-state index is -3.88. The molecule has 7 heteroatoms. The third-order valence-corrected chi connectivity index (χ3v) is 5.58. The molecule has 0 heterocycles. The van der Waals surface area contributed by atoms with E-state index in [0.29, 0.717) is 10.9 Å². The highest BCUT2D eigenvalue weighted by Gasteiger charge is 2.27. The lowest BCUT2D eigenvalue weighted by atomic mass is 10.1. The van der Waals surface area contributed by atoms with E-state index in [2.05, 4.69) is 20.7 Å². The number of rotatable bonds is 3. The van der Waals surface area contributed by atoms with E-state index in [4.69, 9.17) is 5.73 Å². The Balaban J connectivity index is 2.21. The van der Waals surface area contributed by atoms with Crippen LogP contribution in [-0.2, 0) is 10.0 Å². The van der Waals surface area contributed by atoms with Crippen LogP contribution in [0.25, 0.3) is 0 Å². The van der Waals surface area contributed by atoms with Crippen molar-refractivity contribution in [3.05, 3.63) is 28.5 Å². The van der Waals surface area contributed by atoms with Crippen LogP contribution in [0.4, 0.5) is 4.39 Å². The number of nitrogens with two attached hydrogens (primary N) is 1. The molecule has 1 fully saturated rings. The molecule has 1 saturated carbocycles. The highest BCUT2D eigenvalue weighted by molar-refractivity contribution is 9.10. The molecule has 0 spiro atoms. The molecule has 1 aromatic carbocycles. The molecular formula is C13H18BrFN2O2S. The van der Waals surface area contributed by atoms with Crippen LogP contribution < -0.4 is 10.5 Å². The Morgan fingerprint density at radius 1 is 1.25 bits per heavy atom. The molecular weight excluding hydrogens is 347 g/mol. The first kappa shape index (κ1) is 15.9. The average molecular weight is 365 g/mol. The predicted molar refractivity (Wildman–Crippen MR) is 79.3 cm³/mol. The Morgan fingerprint density at radius 3 is 2.65 bits per heavy atom. The van der Waals surface area contributed by atoms with Gasteiger partial charge in [0, 0.05) is 16.6 Å². The molecule has 4 nitrogen and oxygen atoms in total. The SMILES string of the molecule is NC1CCCCCC1NS(=O)(=O)c1ccc(Br)cc1F. The van der Waals surface area contributed by atoms with E-state index in [1.165, 1.54) is 12.1 Å². The molecule has 2 atom stereocenters. The van der Waals surface area contributed by atoms with Crippen LogP contribution in [0.1, 0.15) is 32.1 Å². The maximum atomic E-state index is 13.8. The highest BCUT2D eigenvalue weighted by atomic mass is 79.9. The molecule has 0 saturated heterocycles. The number of halogens is 2. The minimum absolute atomic E-state index is 0.217. The van der Waals surface area contributed by atoms with Crippen molar-refractivity contribution in [2.75, 3.05) is 0 Å². The van der Waals surface area contributed by atoms with Crippen LogP contribution in [0.15, 0.2) is 27.6 Å². The van der Waals surface area contributed by atoms with Crippen LogP contribution in [0.5, 0.6) is 0 Å². The summed E-state index contributed by atoms with van der Waals surface area (Å²) < 4.78 is 41.4. The van der Waals surface area contributed by atoms with Crippen LogP contribution in [0.3, 0.4) is 0 Å². The lowest BCUT2D eigenvalue weighted by Gasteiger charge is -2.22. The number of nitrogens with one attached hydrogen (secondary N) is 1. The van der Waals surface area contributed by atoms with Crippen LogP contribution in [-0.4, -0.2) is 20.5 Å². The summed E-state index contributed by atoms with van der Waals surface area (Å²) in [4.78, 5) is -0.336. The summed E-state index contributed by atoms with van der Waals surface area (Å²) >= 11 is 3.11. The fraction of sp³-hybridized carbons (Fsp3) is 0.538. The number of sulfonamides is 1. The normalized spacial score (nSPS) is 24.4. The lowest BCUT2D eigenvalue weighted by molar-refractivity contribution is 0.454. The van der Waals surface area contributed by atoms with Gasteiger partial charge in [0.05, 0.1) is 0 Å². The fourth-order valence-corrected chi connectivity index (χ4v) is 4.15. The van der Waals surface area contributed by atoms with Gasteiger partial charge in [-0.25, -0.2) is 17.5 Å². The van der Waals surface area contributed by atoms with E-state index in [9.17, 15) is 12.8 Å². The summed E-state index contributed by atoms with van der Waals surface area (Å²) in [6, 6.07) is 3.35. The molecule has 1 aliphatic carbocycles. The van der Waals surface area contributed by atoms with Crippen LogP contribution >= 0.6 is 15.9 Å². The second kappa shape index (κ2) is 6.51. The van der Waals surface area contributed by atoms with Gasteiger partial charge in [-0.05, 0) is 31.0 Å². The van der Waals surface area contributed by atoms with Gasteiger partial charge in [-0.2, -0.15) is 0 Å². The zero-order valence-electron chi connectivity index (χ0n) is 11.0. The maximum Gasteiger partial charge on any atom is 0.243 e. The standard InChI is InChI=1S/C13H18BrFN2O2S/c14-9-6-7-13(10(15)8-9)20(18,19)17-12-5-3-1-2-4-11(12)16/h6-8,11-12,17H,1-5,16H2. The minimum Gasteiger partial charge on any atom is -0.326 e. The molecule has 0 amide bonds. The molecule has 3 N–H and O–H groups in total. The summed E-state index contributed by atoms with van der Waals surface area (Å²) in [5.41, 5.74) is 6.00. The van der Waals surface area contributed by atoms with E-state index < -0.39 is 15.8 Å². The summed E-state index contributed by atoms with van der Waals surface area (Å²) in [5.74, 6) is -0.769. The first-order valence-corrected chi connectivity index (χ1v) is 8.91. The number of benzene rings is 1. The zero-order chi connectivity index (χ0) is 14.8. The van der Waals surface area contributed by atoms with Gasteiger partial charge in [-0.3, -0.25) is 0 Å². The first-order valence-electron chi connectivity index (χ1n) is 6.63. The predicted octanol–water partition coefficient (Wildman–Crippen LogP) is 2.53. The van der Waals surface area contributed by atoms with Gasteiger partial charge in [0.25, 0.3) is 0 Å². The molecule has 0 bridgehead atoms. The van der Waals surface area contributed by atoms with Gasteiger partial charge >= 0.3 is 0 Å². The summed E-state index contributed by atoms with van der Waals surface area (Å²) in [5, 5.41) is 0. The second-order valence-electron chi connectivity index (χ2n) is 5.10. The topological polar surface area (TPSA) is 72.2 Å². The third kappa shape index (κ3) is 3.78. The van der Waals surface area contributed by atoms with Crippen molar-refractivity contribution in [2.24, 2.45) is 5.73 Å². The Bertz CT molecular complexity index is 580. The van der Waals surface area contributed by atoms with Crippen molar-refractivity contribution < 1.29 is 12.8 Å². The second-order valence-corrected chi connectivity index (χ2v) is 7.70. The van der Waals surface area contributed by atoms with Gasteiger partial charge in [-0.15, -0.1) is 0 Å². The van der Waals surface area contributed by atoms with Gasteiger partial charge < -0.3 is 5.73 Å². The molecule has 0 radical (unpaired) electrons. The largest absolute Gasteiger partial charge is 0.326 e. The van der Waals surface area contributed by atoms with Gasteiger partial charge in [0.2, 0.25) is 10.0 Å². The van der Waals surface area contributed by atoms with Crippen molar-refractivity contribution >= 4 is 26.0 Å². The Kier molecular flexibility index (Phi) is 5.17. The summed E-state index contributed by atoms with van der Waals surface area (Å²) in [6.45, 7) is 0. The van der Waals surface area contributed by atoms with Crippen molar-refractivity contribution in [1.82, 2.24) is 4.72 Å². The lowest BCUT2D eigenvalue weighted by Crippen LogP contribution is -2.46. The molecule has 2 rings (SSSR count). The molecule has 20 heavy (non-hydrogen) atoms. The quantitative estimate of drug-likeness (QED) is 0.809. The molecule has 1 aliphatic rings. The molecule has 0 aromatic heterocycles. The third-order valence-electron chi connectivity index (χ3n) is 3.56. The highest BCUT2D eigenvalue weighted by Crippen LogP contribution is 2.22.